The molecular weight excluding hydrogens is 358 g/mol. The van der Waals surface area contributed by atoms with E-state index in [1.54, 1.807) is 12.1 Å². The van der Waals surface area contributed by atoms with Crippen LogP contribution >= 0.6 is 0 Å². The third kappa shape index (κ3) is 3.80. The standard InChI is InChI=1S/C21H23N3O4/c22-19(25)13-28-15-9-7-14(8-10-15)20-23-18-6-2-1-5-17(18)21(26)24(20)12-16-4-3-11-27-16/h1-2,5-10,16,20,23H,3-4,11-13H2,(H2,22,25). The van der Waals surface area contributed by atoms with Crippen LogP contribution in [0.1, 0.15) is 34.9 Å². The normalized spacial score (nSPS) is 21.1. The molecular formula is C21H23N3O4. The van der Waals surface area contributed by atoms with E-state index in [1.165, 1.54) is 0 Å². The second kappa shape index (κ2) is 7.90. The molecule has 3 N–H and O–H groups in total. The van der Waals surface area contributed by atoms with Crippen molar-refractivity contribution in [3.05, 3.63) is 59.7 Å². The minimum Gasteiger partial charge on any atom is -0.484 e. The van der Waals surface area contributed by atoms with Gasteiger partial charge in [-0.2, -0.15) is 0 Å². The Morgan fingerprint density at radius 1 is 1.21 bits per heavy atom. The van der Waals surface area contributed by atoms with Gasteiger partial charge in [0.15, 0.2) is 6.61 Å². The fourth-order valence-corrected chi connectivity index (χ4v) is 3.65. The van der Waals surface area contributed by atoms with E-state index in [1.807, 2.05) is 41.3 Å². The lowest BCUT2D eigenvalue weighted by Crippen LogP contribution is -2.46. The molecule has 0 saturated carbocycles. The van der Waals surface area contributed by atoms with Crippen LogP contribution in [0.5, 0.6) is 5.75 Å². The van der Waals surface area contributed by atoms with Gasteiger partial charge < -0.3 is 25.4 Å². The van der Waals surface area contributed by atoms with Crippen LogP contribution in [0, 0.1) is 0 Å². The summed E-state index contributed by atoms with van der Waals surface area (Å²) in [5.74, 6) is 0.0163. The van der Waals surface area contributed by atoms with Gasteiger partial charge in [0.2, 0.25) is 0 Å². The predicted molar refractivity (Wildman–Crippen MR) is 104 cm³/mol. The molecule has 2 heterocycles. The number of nitrogens with two attached hydrogens (primary N) is 1. The van der Waals surface area contributed by atoms with Crippen LogP contribution in [-0.2, 0) is 9.53 Å². The van der Waals surface area contributed by atoms with Gasteiger partial charge in [-0.15, -0.1) is 0 Å². The molecule has 0 aromatic heterocycles. The van der Waals surface area contributed by atoms with Crippen molar-refractivity contribution in [2.75, 3.05) is 25.1 Å². The molecule has 2 aromatic carbocycles. The number of primary amides is 1. The predicted octanol–water partition coefficient (Wildman–Crippen LogP) is 2.30. The SMILES string of the molecule is NC(=O)COc1ccc(C2Nc3ccccc3C(=O)N2CC2CCCO2)cc1. The average molecular weight is 381 g/mol. The summed E-state index contributed by atoms with van der Waals surface area (Å²) in [7, 11) is 0. The number of rotatable bonds is 6. The first-order valence-corrected chi connectivity index (χ1v) is 9.41. The number of anilines is 1. The molecule has 2 aromatic rings. The van der Waals surface area contributed by atoms with Gasteiger partial charge in [-0.1, -0.05) is 24.3 Å². The number of carbonyl (C=O) groups excluding carboxylic acids is 2. The highest BCUT2D eigenvalue weighted by Gasteiger charge is 2.35. The number of fused-ring (bicyclic) bond motifs is 1. The van der Waals surface area contributed by atoms with Crippen LogP contribution in [-0.4, -0.2) is 42.6 Å². The quantitative estimate of drug-likeness (QED) is 0.801. The summed E-state index contributed by atoms with van der Waals surface area (Å²) in [6.07, 6.45) is 1.72. The molecule has 0 radical (unpaired) electrons. The first-order valence-electron chi connectivity index (χ1n) is 9.41. The Kier molecular flexibility index (Phi) is 5.16. The number of nitrogens with one attached hydrogen (secondary N) is 1. The summed E-state index contributed by atoms with van der Waals surface area (Å²) in [5.41, 5.74) is 7.52. The zero-order valence-corrected chi connectivity index (χ0v) is 15.5. The van der Waals surface area contributed by atoms with Crippen molar-refractivity contribution in [3.8, 4) is 5.75 Å². The number of hydrogen-bond donors (Lipinski definition) is 2. The molecule has 146 valence electrons. The van der Waals surface area contributed by atoms with E-state index in [0.717, 1.165) is 30.7 Å². The molecule has 2 aliphatic rings. The first-order chi connectivity index (χ1) is 13.6. The molecule has 1 saturated heterocycles. The minimum absolute atomic E-state index is 0.0103. The molecule has 7 nitrogen and oxygen atoms in total. The Morgan fingerprint density at radius 3 is 2.71 bits per heavy atom. The van der Waals surface area contributed by atoms with Crippen molar-refractivity contribution < 1.29 is 19.1 Å². The number of para-hydroxylation sites is 1. The number of amides is 2. The summed E-state index contributed by atoms with van der Waals surface area (Å²) in [6, 6.07) is 14.8. The van der Waals surface area contributed by atoms with Gasteiger partial charge in [0.25, 0.3) is 11.8 Å². The van der Waals surface area contributed by atoms with Crippen molar-refractivity contribution in [2.45, 2.75) is 25.1 Å². The van der Waals surface area contributed by atoms with Crippen molar-refractivity contribution >= 4 is 17.5 Å². The summed E-state index contributed by atoms with van der Waals surface area (Å²) >= 11 is 0. The van der Waals surface area contributed by atoms with E-state index in [4.69, 9.17) is 15.2 Å². The van der Waals surface area contributed by atoms with Crippen LogP contribution < -0.4 is 15.8 Å². The second-order valence-electron chi connectivity index (χ2n) is 7.01. The zero-order chi connectivity index (χ0) is 19.5. The molecule has 0 spiro atoms. The molecule has 0 bridgehead atoms. The minimum atomic E-state index is -0.525. The smallest absolute Gasteiger partial charge is 0.257 e. The topological polar surface area (TPSA) is 93.9 Å². The first kappa shape index (κ1) is 18.3. The number of ether oxygens (including phenoxy) is 2. The number of benzene rings is 2. The molecule has 7 heteroatoms. The van der Waals surface area contributed by atoms with Crippen molar-refractivity contribution in [1.29, 1.82) is 0 Å². The molecule has 2 unspecified atom stereocenters. The van der Waals surface area contributed by atoms with Gasteiger partial charge in [-0.05, 0) is 42.7 Å². The third-order valence-corrected chi connectivity index (χ3v) is 5.02. The van der Waals surface area contributed by atoms with Crippen LogP contribution in [0.4, 0.5) is 5.69 Å². The van der Waals surface area contributed by atoms with Crippen molar-refractivity contribution in [1.82, 2.24) is 4.90 Å². The summed E-state index contributed by atoms with van der Waals surface area (Å²) in [5, 5.41) is 3.47. The number of nitrogens with zero attached hydrogens (tertiary/aromatic N) is 1. The van der Waals surface area contributed by atoms with Gasteiger partial charge in [0.1, 0.15) is 11.9 Å². The lowest BCUT2D eigenvalue weighted by atomic mass is 10.0. The van der Waals surface area contributed by atoms with E-state index in [9.17, 15) is 9.59 Å². The fraction of sp³-hybridized carbons (Fsp3) is 0.333. The van der Waals surface area contributed by atoms with Crippen LogP contribution in [0.3, 0.4) is 0 Å². The maximum atomic E-state index is 13.2. The van der Waals surface area contributed by atoms with Gasteiger partial charge in [0.05, 0.1) is 11.7 Å². The van der Waals surface area contributed by atoms with E-state index in [-0.39, 0.29) is 24.8 Å². The Hall–Kier alpha value is -3.06. The highest BCUT2D eigenvalue weighted by Crippen LogP contribution is 2.34. The lowest BCUT2D eigenvalue weighted by Gasteiger charge is -2.39. The van der Waals surface area contributed by atoms with Crippen molar-refractivity contribution in [3.63, 3.8) is 0 Å². The summed E-state index contributed by atoms with van der Waals surface area (Å²) in [4.78, 5) is 25.9. The third-order valence-electron chi connectivity index (χ3n) is 5.02. The summed E-state index contributed by atoms with van der Waals surface area (Å²) < 4.78 is 11.1. The highest BCUT2D eigenvalue weighted by molar-refractivity contribution is 6.01. The van der Waals surface area contributed by atoms with E-state index in [2.05, 4.69) is 5.32 Å². The largest absolute Gasteiger partial charge is 0.484 e. The number of carbonyl (C=O) groups is 2. The lowest BCUT2D eigenvalue weighted by molar-refractivity contribution is -0.119. The Bertz CT molecular complexity index is 862. The van der Waals surface area contributed by atoms with Gasteiger partial charge in [-0.25, -0.2) is 0 Å². The summed E-state index contributed by atoms with van der Waals surface area (Å²) in [6.45, 7) is 1.11. The van der Waals surface area contributed by atoms with E-state index < -0.39 is 5.91 Å². The molecule has 2 aliphatic heterocycles. The Morgan fingerprint density at radius 2 is 2.00 bits per heavy atom. The van der Waals surface area contributed by atoms with Crippen LogP contribution in [0.2, 0.25) is 0 Å². The second-order valence-corrected chi connectivity index (χ2v) is 7.01. The molecule has 2 amide bonds. The average Bonchev–Trinajstić information content (AvgIpc) is 3.22. The molecule has 28 heavy (non-hydrogen) atoms. The highest BCUT2D eigenvalue weighted by atomic mass is 16.5. The van der Waals surface area contributed by atoms with E-state index >= 15 is 0 Å². The maximum absolute atomic E-state index is 13.2. The number of hydrogen-bond acceptors (Lipinski definition) is 5. The Balaban J connectivity index is 1.60. The van der Waals surface area contributed by atoms with E-state index in [0.29, 0.717) is 17.9 Å². The van der Waals surface area contributed by atoms with Gasteiger partial charge in [-0.3, -0.25) is 9.59 Å². The molecule has 1 fully saturated rings. The Labute approximate surface area is 163 Å². The van der Waals surface area contributed by atoms with Gasteiger partial charge >= 0.3 is 0 Å². The maximum Gasteiger partial charge on any atom is 0.257 e. The van der Waals surface area contributed by atoms with Crippen LogP contribution in [0.25, 0.3) is 0 Å². The molecule has 2 atom stereocenters. The zero-order valence-electron chi connectivity index (χ0n) is 15.5. The molecule has 0 aliphatic carbocycles. The van der Waals surface area contributed by atoms with Crippen LogP contribution in [0.15, 0.2) is 48.5 Å². The fourth-order valence-electron chi connectivity index (χ4n) is 3.65. The molecule has 4 rings (SSSR count). The van der Waals surface area contributed by atoms with Crippen molar-refractivity contribution in [2.24, 2.45) is 5.73 Å². The monoisotopic (exact) mass is 381 g/mol. The van der Waals surface area contributed by atoms with Gasteiger partial charge in [0, 0.05) is 18.8 Å².